The highest BCUT2D eigenvalue weighted by atomic mass is 15.1. The lowest BCUT2D eigenvalue weighted by molar-refractivity contribution is 0.437. The predicted molar refractivity (Wildman–Crippen MR) is 79.1 cm³/mol. The minimum Gasteiger partial charge on any atom is -0.371 e. The molecule has 0 spiro atoms. The molecule has 0 radical (unpaired) electrons. The van der Waals surface area contributed by atoms with Gasteiger partial charge >= 0.3 is 0 Å². The lowest BCUT2D eigenvalue weighted by atomic mass is 9.98. The summed E-state index contributed by atoms with van der Waals surface area (Å²) in [4.78, 5) is 2.56. The van der Waals surface area contributed by atoms with Gasteiger partial charge in [-0.3, -0.25) is 0 Å². The van der Waals surface area contributed by atoms with Gasteiger partial charge in [0.1, 0.15) is 0 Å². The molecule has 0 saturated carbocycles. The first kappa shape index (κ1) is 13.4. The fraction of sp³-hybridized carbons (Fsp3) is 0.625. The Hall–Kier alpha value is -1.02. The second-order valence-corrected chi connectivity index (χ2v) is 5.48. The Morgan fingerprint density at radius 3 is 2.67 bits per heavy atom. The second-order valence-electron chi connectivity index (χ2n) is 5.48. The monoisotopic (exact) mass is 246 g/mol. The quantitative estimate of drug-likeness (QED) is 0.801. The van der Waals surface area contributed by atoms with E-state index in [1.54, 1.807) is 0 Å². The molecule has 1 aliphatic rings. The fourth-order valence-corrected chi connectivity index (χ4v) is 2.62. The number of piperidine rings is 1. The molecule has 0 unspecified atom stereocenters. The average molecular weight is 246 g/mol. The summed E-state index contributed by atoms with van der Waals surface area (Å²) >= 11 is 0. The van der Waals surface area contributed by atoms with E-state index in [1.807, 2.05) is 0 Å². The van der Waals surface area contributed by atoms with Gasteiger partial charge in [-0.25, -0.2) is 0 Å². The molecular weight excluding hydrogens is 220 g/mol. The number of hydrogen-bond acceptors (Lipinski definition) is 2. The molecule has 1 heterocycles. The van der Waals surface area contributed by atoms with Gasteiger partial charge in [0, 0.05) is 25.3 Å². The molecule has 0 atom stereocenters. The number of rotatable bonds is 5. The van der Waals surface area contributed by atoms with Crippen LogP contribution < -0.4 is 10.2 Å². The summed E-state index contributed by atoms with van der Waals surface area (Å²) in [5, 5.41) is 3.51. The summed E-state index contributed by atoms with van der Waals surface area (Å²) in [6, 6.07) is 8.85. The van der Waals surface area contributed by atoms with Crippen LogP contribution in [0, 0.1) is 5.92 Å². The normalized spacial score (nSPS) is 17.1. The van der Waals surface area contributed by atoms with Crippen LogP contribution in [0.5, 0.6) is 0 Å². The Balaban J connectivity index is 2.02. The zero-order valence-electron chi connectivity index (χ0n) is 11.8. The van der Waals surface area contributed by atoms with Crippen LogP contribution in [-0.4, -0.2) is 19.6 Å². The molecule has 1 aromatic rings. The molecule has 0 aromatic heterocycles. The van der Waals surface area contributed by atoms with Gasteiger partial charge in [-0.15, -0.1) is 0 Å². The van der Waals surface area contributed by atoms with Crippen molar-refractivity contribution in [1.29, 1.82) is 0 Å². The zero-order valence-corrected chi connectivity index (χ0v) is 11.8. The average Bonchev–Trinajstić information content (AvgIpc) is 2.41. The molecule has 0 amide bonds. The molecule has 0 aliphatic carbocycles. The van der Waals surface area contributed by atoms with E-state index in [9.17, 15) is 0 Å². The van der Waals surface area contributed by atoms with Crippen molar-refractivity contribution in [2.24, 2.45) is 5.92 Å². The first-order valence-corrected chi connectivity index (χ1v) is 7.35. The molecule has 1 saturated heterocycles. The number of hydrogen-bond donors (Lipinski definition) is 1. The van der Waals surface area contributed by atoms with Gasteiger partial charge in [0.15, 0.2) is 0 Å². The molecule has 0 bridgehead atoms. The van der Waals surface area contributed by atoms with Crippen LogP contribution in [-0.2, 0) is 6.54 Å². The van der Waals surface area contributed by atoms with Crippen LogP contribution in [0.3, 0.4) is 0 Å². The maximum absolute atomic E-state index is 3.51. The maximum Gasteiger partial charge on any atom is 0.0411 e. The zero-order chi connectivity index (χ0) is 12.8. The smallest absolute Gasteiger partial charge is 0.0411 e. The molecule has 1 aromatic carbocycles. The first-order chi connectivity index (χ1) is 8.81. The standard InChI is InChI=1S/C16H26N2/c1-3-10-17-13-15-6-4-5-7-16(15)18-11-8-14(2)9-12-18/h4-7,14,17H,3,8-13H2,1-2H3. The number of para-hydroxylation sites is 1. The lowest BCUT2D eigenvalue weighted by Gasteiger charge is -2.33. The highest BCUT2D eigenvalue weighted by Gasteiger charge is 2.17. The third-order valence-corrected chi connectivity index (χ3v) is 3.86. The summed E-state index contributed by atoms with van der Waals surface area (Å²) in [5.74, 6) is 0.895. The Morgan fingerprint density at radius 1 is 1.22 bits per heavy atom. The first-order valence-electron chi connectivity index (χ1n) is 7.35. The fourth-order valence-electron chi connectivity index (χ4n) is 2.62. The summed E-state index contributed by atoms with van der Waals surface area (Å²) in [6.45, 7) is 9.11. The minimum absolute atomic E-state index is 0.895. The SMILES string of the molecule is CCCNCc1ccccc1N1CCC(C)CC1. The van der Waals surface area contributed by atoms with Gasteiger partial charge in [-0.2, -0.15) is 0 Å². The van der Waals surface area contributed by atoms with Gasteiger partial charge in [-0.1, -0.05) is 32.0 Å². The van der Waals surface area contributed by atoms with E-state index in [1.165, 1.54) is 43.6 Å². The van der Waals surface area contributed by atoms with E-state index in [2.05, 4.69) is 48.3 Å². The molecule has 1 N–H and O–H groups in total. The number of nitrogens with zero attached hydrogens (tertiary/aromatic N) is 1. The molecule has 1 fully saturated rings. The molecule has 100 valence electrons. The Bertz CT molecular complexity index is 354. The Labute approximate surface area is 111 Å². The van der Waals surface area contributed by atoms with Gasteiger partial charge in [0.05, 0.1) is 0 Å². The van der Waals surface area contributed by atoms with Crippen molar-refractivity contribution < 1.29 is 0 Å². The van der Waals surface area contributed by atoms with E-state index in [-0.39, 0.29) is 0 Å². The Kier molecular flexibility index (Phi) is 5.06. The number of benzene rings is 1. The second kappa shape index (κ2) is 6.79. The summed E-state index contributed by atoms with van der Waals surface area (Å²) < 4.78 is 0. The van der Waals surface area contributed by atoms with Crippen LogP contribution in [0.2, 0.25) is 0 Å². The van der Waals surface area contributed by atoms with E-state index < -0.39 is 0 Å². The predicted octanol–water partition coefficient (Wildman–Crippen LogP) is 3.42. The summed E-state index contributed by atoms with van der Waals surface area (Å²) in [5.41, 5.74) is 2.88. The number of anilines is 1. The van der Waals surface area contributed by atoms with Crippen molar-refractivity contribution in [3.63, 3.8) is 0 Å². The molecule has 1 aliphatic heterocycles. The molecule has 18 heavy (non-hydrogen) atoms. The third kappa shape index (κ3) is 3.49. The van der Waals surface area contributed by atoms with Crippen molar-refractivity contribution in [1.82, 2.24) is 5.32 Å². The van der Waals surface area contributed by atoms with Crippen molar-refractivity contribution in [2.45, 2.75) is 39.7 Å². The molecule has 2 rings (SSSR count). The highest BCUT2D eigenvalue weighted by molar-refractivity contribution is 5.53. The van der Waals surface area contributed by atoms with Crippen LogP contribution in [0.4, 0.5) is 5.69 Å². The minimum atomic E-state index is 0.895. The maximum atomic E-state index is 3.51. The largest absolute Gasteiger partial charge is 0.371 e. The molecule has 2 nitrogen and oxygen atoms in total. The van der Waals surface area contributed by atoms with E-state index in [4.69, 9.17) is 0 Å². The molecule has 2 heteroatoms. The van der Waals surface area contributed by atoms with Gasteiger partial charge in [0.2, 0.25) is 0 Å². The van der Waals surface area contributed by atoms with Crippen LogP contribution >= 0.6 is 0 Å². The van der Waals surface area contributed by atoms with Gasteiger partial charge in [0.25, 0.3) is 0 Å². The highest BCUT2D eigenvalue weighted by Crippen LogP contribution is 2.26. The van der Waals surface area contributed by atoms with Crippen LogP contribution in [0.15, 0.2) is 24.3 Å². The lowest BCUT2D eigenvalue weighted by Crippen LogP contribution is -2.33. The summed E-state index contributed by atoms with van der Waals surface area (Å²) in [6.07, 6.45) is 3.86. The van der Waals surface area contributed by atoms with Gasteiger partial charge in [-0.05, 0) is 43.4 Å². The topological polar surface area (TPSA) is 15.3 Å². The van der Waals surface area contributed by atoms with Gasteiger partial charge < -0.3 is 10.2 Å². The van der Waals surface area contributed by atoms with Crippen molar-refractivity contribution in [3.8, 4) is 0 Å². The third-order valence-electron chi connectivity index (χ3n) is 3.86. The summed E-state index contributed by atoms with van der Waals surface area (Å²) in [7, 11) is 0. The van der Waals surface area contributed by atoms with Crippen molar-refractivity contribution in [3.05, 3.63) is 29.8 Å². The van der Waals surface area contributed by atoms with Crippen LogP contribution in [0.1, 0.15) is 38.7 Å². The van der Waals surface area contributed by atoms with Crippen molar-refractivity contribution >= 4 is 5.69 Å². The van der Waals surface area contributed by atoms with E-state index >= 15 is 0 Å². The Morgan fingerprint density at radius 2 is 1.94 bits per heavy atom. The van der Waals surface area contributed by atoms with Crippen LogP contribution in [0.25, 0.3) is 0 Å². The van der Waals surface area contributed by atoms with Crippen molar-refractivity contribution in [2.75, 3.05) is 24.5 Å². The van der Waals surface area contributed by atoms with E-state index in [0.717, 1.165) is 19.0 Å². The molecular formula is C16H26N2. The number of nitrogens with one attached hydrogen (secondary N) is 1. The van der Waals surface area contributed by atoms with E-state index in [0.29, 0.717) is 0 Å².